The van der Waals surface area contributed by atoms with Gasteiger partial charge in [-0.1, -0.05) is 0 Å². The number of hydrogen-bond acceptors (Lipinski definition) is 15. The molecule has 20 heteroatoms. The van der Waals surface area contributed by atoms with Crippen LogP contribution < -0.4 is 36.9 Å². The monoisotopic (exact) mass is 989 g/mol. The number of fused-ring (bicyclic) bond motifs is 2. The molecule has 0 spiro atoms. The first-order valence-electron chi connectivity index (χ1n) is 25.1. The smallest absolute Gasteiger partial charge is 0.410 e. The molecule has 4 aliphatic heterocycles. The Hall–Kier alpha value is -7.65. The minimum absolute atomic E-state index is 0.0498. The van der Waals surface area contributed by atoms with Crippen LogP contribution in [0, 0.1) is 25.0 Å². The van der Waals surface area contributed by atoms with E-state index in [1.807, 2.05) is 57.2 Å². The molecule has 20 nitrogen and oxygen atoms in total. The number of nitrogens with zero attached hydrogens (tertiary/aromatic N) is 13. The molecule has 380 valence electrons. The molecule has 0 bridgehead atoms. The number of amides is 1. The maximum absolute atomic E-state index is 12.8. The Bertz CT molecular complexity index is 3170. The number of piperazine rings is 2. The normalized spacial score (nSPS) is 16.7. The van der Waals surface area contributed by atoms with Crippen LogP contribution in [0.5, 0.6) is 0 Å². The van der Waals surface area contributed by atoms with Crippen LogP contribution in [-0.4, -0.2) is 148 Å². The zero-order valence-corrected chi connectivity index (χ0v) is 42.3. The van der Waals surface area contributed by atoms with Crippen molar-refractivity contribution >= 4 is 74.2 Å². The minimum atomic E-state index is -0.520. The van der Waals surface area contributed by atoms with Crippen molar-refractivity contribution in [2.45, 2.75) is 52.3 Å². The van der Waals surface area contributed by atoms with Crippen LogP contribution in [0.1, 0.15) is 33.6 Å². The topological polar surface area (TPSA) is 183 Å². The van der Waals surface area contributed by atoms with Gasteiger partial charge >= 0.3 is 6.09 Å². The van der Waals surface area contributed by atoms with Gasteiger partial charge in [-0.15, -0.1) is 0 Å². The Morgan fingerprint density at radius 2 is 1.12 bits per heavy atom. The maximum Gasteiger partial charge on any atom is 0.410 e. The molecule has 4 saturated heterocycles. The molecule has 0 radical (unpaired) electrons. The van der Waals surface area contributed by atoms with Gasteiger partial charge in [-0.25, -0.2) is 24.5 Å². The average molecular weight is 989 g/mol. The van der Waals surface area contributed by atoms with E-state index in [0.717, 1.165) is 106 Å². The lowest BCUT2D eigenvalue weighted by Gasteiger charge is -2.39. The molecular formula is C53H64N16O4. The molecule has 4 aromatic heterocycles. The fraction of sp³-hybridized carbons (Fsp3) is 0.453. The van der Waals surface area contributed by atoms with E-state index in [-0.39, 0.29) is 17.2 Å². The first-order chi connectivity index (χ1) is 35.2. The van der Waals surface area contributed by atoms with Gasteiger partial charge in [0.15, 0.2) is 0 Å². The molecule has 2 aromatic carbocycles. The first-order valence-corrected chi connectivity index (χ1v) is 25.1. The number of hydrogen-bond donors (Lipinski definition) is 3. The number of carbonyl (C=O) groups is 1. The molecule has 0 atom stereocenters. The maximum atomic E-state index is 12.8. The number of aryl methyl sites for hydroxylation is 2. The van der Waals surface area contributed by atoms with Gasteiger partial charge in [0.1, 0.15) is 16.9 Å². The van der Waals surface area contributed by atoms with Crippen molar-refractivity contribution < 1.29 is 9.53 Å². The van der Waals surface area contributed by atoms with E-state index in [2.05, 4.69) is 79.3 Å². The van der Waals surface area contributed by atoms with E-state index >= 15 is 0 Å². The van der Waals surface area contributed by atoms with Gasteiger partial charge in [0.05, 0.1) is 13.1 Å². The van der Waals surface area contributed by atoms with Crippen LogP contribution in [0.25, 0.3) is 31.8 Å². The number of aromatic nitrogens is 6. The highest BCUT2D eigenvalue weighted by atomic mass is 16.6. The van der Waals surface area contributed by atoms with Crippen LogP contribution in [0.3, 0.4) is 0 Å². The Balaban J connectivity index is 0.000000183. The lowest BCUT2D eigenvalue weighted by atomic mass is 9.97. The molecule has 0 aliphatic carbocycles. The summed E-state index contributed by atoms with van der Waals surface area (Å²) in [5.41, 5.74) is 5.02. The number of likely N-dealkylation sites (N-methyl/N-ethyl adjacent to an activating group) is 2. The second-order valence-corrected chi connectivity index (χ2v) is 20.4. The highest BCUT2D eigenvalue weighted by Gasteiger charge is 2.33. The highest BCUT2D eigenvalue weighted by Crippen LogP contribution is 2.35. The summed E-state index contributed by atoms with van der Waals surface area (Å²) in [5.74, 6) is 1.67. The summed E-state index contributed by atoms with van der Waals surface area (Å²) in [5, 5.41) is 11.3. The van der Waals surface area contributed by atoms with E-state index in [4.69, 9.17) is 17.9 Å². The second kappa shape index (κ2) is 22.0. The van der Waals surface area contributed by atoms with Gasteiger partial charge in [-0.05, 0) is 121 Å². The summed E-state index contributed by atoms with van der Waals surface area (Å²) in [6.45, 7) is 32.8. The average Bonchev–Trinajstić information content (AvgIpc) is 3.34. The number of likely N-dealkylation sites (tertiary alicyclic amines) is 1. The van der Waals surface area contributed by atoms with Crippen LogP contribution in [-0.2, 0) is 17.8 Å². The van der Waals surface area contributed by atoms with Crippen LogP contribution in [0.4, 0.5) is 50.8 Å². The standard InChI is InChI=1S/C29H36N8O3.C24H28N8O/c1-29(2,3)40-28(39)36-18-20(19-36)10-11-37-25(38)9-6-21-17-31-27(33-26(21)37)32-22-7-8-24(23(16-22)30-4)35-14-12-34(5)13-15-35;1-25-20-13-19(4-5-21(20)31-11-9-30(2)10-12-31)28-24-27-16-18-3-6-22(33)32(23(18)29-24)8-7-17-14-26-15-17/h6-9,16-17,20H,10-15,18-19H2,1-3,5H3,(H,31,32,33);3-6,13,16-17,26H,7-12,14-15H2,2H3,(H,27,28,29). The third kappa shape index (κ3) is 12.2. The van der Waals surface area contributed by atoms with Crippen LogP contribution >= 0.6 is 0 Å². The van der Waals surface area contributed by atoms with Crippen molar-refractivity contribution in [2.24, 2.45) is 11.8 Å². The van der Waals surface area contributed by atoms with Crippen molar-refractivity contribution in [3.63, 3.8) is 0 Å². The first kappa shape index (κ1) is 50.3. The van der Waals surface area contributed by atoms with Gasteiger partial charge in [0.25, 0.3) is 11.1 Å². The molecule has 6 aromatic rings. The Labute approximate surface area is 425 Å². The van der Waals surface area contributed by atoms with Gasteiger partial charge in [-0.3, -0.25) is 18.7 Å². The van der Waals surface area contributed by atoms with Gasteiger partial charge < -0.3 is 45.2 Å². The molecule has 4 aliphatic rings. The molecule has 8 heterocycles. The van der Waals surface area contributed by atoms with E-state index in [1.165, 1.54) is 6.07 Å². The molecule has 0 saturated carbocycles. The number of pyridine rings is 2. The largest absolute Gasteiger partial charge is 0.444 e. The van der Waals surface area contributed by atoms with Crippen molar-refractivity contribution in [1.82, 2.24) is 49.1 Å². The Morgan fingerprint density at radius 3 is 1.53 bits per heavy atom. The van der Waals surface area contributed by atoms with E-state index in [1.54, 1.807) is 44.6 Å². The fourth-order valence-corrected chi connectivity index (χ4v) is 9.37. The number of carbonyl (C=O) groups excluding carboxylic acids is 1. The van der Waals surface area contributed by atoms with Crippen molar-refractivity contribution in [1.29, 1.82) is 0 Å². The summed E-state index contributed by atoms with van der Waals surface area (Å²) in [6.07, 6.45) is 4.82. The fourth-order valence-electron chi connectivity index (χ4n) is 9.37. The number of ether oxygens (including phenoxy) is 1. The lowest BCUT2D eigenvalue weighted by molar-refractivity contribution is -0.00265. The second-order valence-electron chi connectivity index (χ2n) is 20.4. The van der Waals surface area contributed by atoms with E-state index in [0.29, 0.717) is 78.3 Å². The third-order valence-electron chi connectivity index (χ3n) is 13.8. The molecule has 4 fully saturated rings. The minimum Gasteiger partial charge on any atom is -0.444 e. The van der Waals surface area contributed by atoms with Gasteiger partial charge in [-0.2, -0.15) is 9.97 Å². The summed E-state index contributed by atoms with van der Waals surface area (Å²) in [4.78, 5) is 74.1. The number of benzene rings is 2. The van der Waals surface area contributed by atoms with Crippen molar-refractivity contribution in [3.8, 4) is 0 Å². The zero-order valence-electron chi connectivity index (χ0n) is 42.3. The van der Waals surface area contributed by atoms with Gasteiger partial charge in [0.2, 0.25) is 23.3 Å². The summed E-state index contributed by atoms with van der Waals surface area (Å²) >= 11 is 0. The molecular weight excluding hydrogens is 925 g/mol. The summed E-state index contributed by atoms with van der Waals surface area (Å²) in [7, 11) is 4.23. The zero-order chi connectivity index (χ0) is 51.2. The van der Waals surface area contributed by atoms with Gasteiger partial charge in [0, 0.05) is 137 Å². The Kier molecular flexibility index (Phi) is 15.2. The molecule has 10 rings (SSSR count). The van der Waals surface area contributed by atoms with Crippen LogP contribution in [0.2, 0.25) is 0 Å². The molecule has 73 heavy (non-hydrogen) atoms. The molecule has 3 N–H and O–H groups in total. The van der Waals surface area contributed by atoms with E-state index in [9.17, 15) is 14.4 Å². The lowest BCUT2D eigenvalue weighted by Crippen LogP contribution is -2.51. The van der Waals surface area contributed by atoms with Crippen molar-refractivity contribution in [3.05, 3.63) is 117 Å². The predicted molar refractivity (Wildman–Crippen MR) is 286 cm³/mol. The number of nitrogens with one attached hydrogen (secondary N) is 3. The Morgan fingerprint density at radius 1 is 0.671 bits per heavy atom. The number of anilines is 6. The highest BCUT2D eigenvalue weighted by molar-refractivity contribution is 5.80. The number of rotatable bonds is 12. The SMILES string of the molecule is [C-]#[N+]c1cc(Nc2ncc3ccc(=O)n(CCC4CN(C(=O)OC(C)(C)C)C4)c3n2)ccc1N1CCN(C)CC1.[C-]#[N+]c1cc(Nc2ncc3ccc(=O)n(CCC4CNC4)c3n2)ccc1N1CCN(C)CC1. The summed E-state index contributed by atoms with van der Waals surface area (Å²) in [6, 6.07) is 18.1. The predicted octanol–water partition coefficient (Wildman–Crippen LogP) is 6.54. The third-order valence-corrected chi connectivity index (χ3v) is 13.8. The van der Waals surface area contributed by atoms with E-state index < -0.39 is 5.60 Å². The molecule has 0 unspecified atom stereocenters. The van der Waals surface area contributed by atoms with Crippen LogP contribution in [0.15, 0.2) is 82.6 Å². The van der Waals surface area contributed by atoms with Crippen molar-refractivity contribution in [2.75, 3.05) is 113 Å². The quantitative estimate of drug-likeness (QED) is 0.112. The molecule has 1 amide bonds. The summed E-state index contributed by atoms with van der Waals surface area (Å²) < 4.78 is 8.84.